The summed E-state index contributed by atoms with van der Waals surface area (Å²) in [6.45, 7) is 9.24. The normalized spacial score (nSPS) is 16.1. The molecule has 2 aromatic heterocycles. The van der Waals surface area contributed by atoms with Crippen LogP contribution in [0.15, 0.2) is 73.1 Å². The fourth-order valence-electron chi connectivity index (χ4n) is 6.19. The third kappa shape index (κ3) is 3.99. The minimum atomic E-state index is 0.114. The topological polar surface area (TPSA) is 34.6 Å². The van der Waals surface area contributed by atoms with Gasteiger partial charge in [0.05, 0.1) is 17.4 Å². The van der Waals surface area contributed by atoms with Gasteiger partial charge in [0.2, 0.25) is 5.69 Å². The van der Waals surface area contributed by atoms with Crippen LogP contribution in [0, 0.1) is 0 Å². The molecule has 0 radical (unpaired) electrons. The Morgan fingerprint density at radius 1 is 0.943 bits per heavy atom. The highest BCUT2D eigenvalue weighted by molar-refractivity contribution is 5.67. The van der Waals surface area contributed by atoms with Crippen LogP contribution >= 0.6 is 0 Å². The second-order valence-electron chi connectivity index (χ2n) is 9.85. The molecule has 1 aliphatic heterocycles. The molecule has 0 aliphatic carbocycles. The molecule has 4 aromatic rings. The second kappa shape index (κ2) is 9.77. The number of aryl methyl sites for hydroxylation is 1. The molecule has 0 spiro atoms. The summed E-state index contributed by atoms with van der Waals surface area (Å²) in [7, 11) is 0. The summed E-state index contributed by atoms with van der Waals surface area (Å²) in [5, 5.41) is 9.05. The first-order chi connectivity index (χ1) is 17.1. The minimum absolute atomic E-state index is 0.114. The van der Waals surface area contributed by atoms with Crippen LogP contribution in [0.1, 0.15) is 76.8 Å². The predicted octanol–water partition coefficient (Wildman–Crippen LogP) is 7.25. The maximum absolute atomic E-state index is 4.53. The average Bonchev–Trinajstić information content (AvgIpc) is 3.41. The van der Waals surface area contributed by atoms with Crippen molar-refractivity contribution in [1.82, 2.24) is 15.0 Å². The Labute approximate surface area is 209 Å². The van der Waals surface area contributed by atoms with Gasteiger partial charge in [0.1, 0.15) is 5.69 Å². The van der Waals surface area contributed by atoms with E-state index in [1.165, 1.54) is 35.2 Å². The van der Waals surface area contributed by atoms with Gasteiger partial charge in [-0.25, -0.2) is 4.68 Å². The molecule has 0 amide bonds. The fraction of sp³-hybridized carbons (Fsp3) is 0.387. The van der Waals surface area contributed by atoms with Gasteiger partial charge in [0.25, 0.3) is 0 Å². The Morgan fingerprint density at radius 3 is 2.57 bits per heavy atom. The number of aromatic nitrogens is 4. The van der Waals surface area contributed by atoms with Crippen molar-refractivity contribution in [2.75, 3.05) is 0 Å². The molecule has 0 fully saturated rings. The lowest BCUT2D eigenvalue weighted by molar-refractivity contribution is -0.762. The van der Waals surface area contributed by atoms with E-state index in [0.717, 1.165) is 42.6 Å². The van der Waals surface area contributed by atoms with Gasteiger partial charge in [-0.2, -0.15) is 4.57 Å². The number of hydrogen-bond acceptors (Lipinski definition) is 2. The Morgan fingerprint density at radius 2 is 1.80 bits per heavy atom. The molecule has 4 nitrogen and oxygen atoms in total. The molecule has 1 unspecified atom stereocenters. The van der Waals surface area contributed by atoms with E-state index in [1.54, 1.807) is 0 Å². The van der Waals surface area contributed by atoms with Crippen molar-refractivity contribution in [2.24, 2.45) is 0 Å². The largest absolute Gasteiger partial charge is 0.220 e. The van der Waals surface area contributed by atoms with Crippen LogP contribution in [-0.2, 0) is 12.0 Å². The lowest BCUT2D eigenvalue weighted by Gasteiger charge is -2.39. The third-order valence-electron chi connectivity index (χ3n) is 8.11. The molecule has 5 rings (SSSR count). The Hall–Kier alpha value is -3.27. The first-order valence-corrected chi connectivity index (χ1v) is 13.3. The Bertz CT molecular complexity index is 1320. The van der Waals surface area contributed by atoms with Crippen LogP contribution < -0.4 is 4.57 Å². The highest BCUT2D eigenvalue weighted by Gasteiger charge is 2.50. The van der Waals surface area contributed by atoms with Crippen molar-refractivity contribution in [3.63, 3.8) is 0 Å². The van der Waals surface area contributed by atoms with E-state index in [4.69, 9.17) is 0 Å². The van der Waals surface area contributed by atoms with E-state index >= 15 is 0 Å². The first kappa shape index (κ1) is 23.5. The SMILES string of the molecule is CCCCc1cccc(-c2cn(-c3ccc4c(c3)-c3cccc[n+]3C(CC)(CC)C4CC)nn2)c1. The standard InChI is InChI=1S/C31H37N4/c1-5-9-13-23-14-12-15-24(20-23)29-22-35(33-32-29)25-17-18-26-27(21-25)30-16-10-11-19-34(30)31(7-3,8-4)28(26)6-2/h10-12,14-22,28H,5-9,13H2,1-4H3/q+1. The number of nitrogens with zero attached hydrogens (tertiary/aromatic N) is 4. The van der Waals surface area contributed by atoms with Crippen LogP contribution in [0.4, 0.5) is 0 Å². The zero-order chi connectivity index (χ0) is 24.4. The molecule has 4 heteroatoms. The van der Waals surface area contributed by atoms with E-state index in [0.29, 0.717) is 5.92 Å². The number of hydrogen-bond donors (Lipinski definition) is 0. The molecule has 0 bridgehead atoms. The van der Waals surface area contributed by atoms with Crippen molar-refractivity contribution in [2.45, 2.75) is 77.7 Å². The van der Waals surface area contributed by atoms with Crippen LogP contribution in [0.3, 0.4) is 0 Å². The summed E-state index contributed by atoms with van der Waals surface area (Å²) in [4.78, 5) is 0. The number of fused-ring (bicyclic) bond motifs is 3. The Kier molecular flexibility index (Phi) is 6.55. The van der Waals surface area contributed by atoms with E-state index in [-0.39, 0.29) is 5.54 Å². The lowest BCUT2D eigenvalue weighted by atomic mass is 9.69. The van der Waals surface area contributed by atoms with Gasteiger partial charge in [-0.3, -0.25) is 0 Å². The Balaban J connectivity index is 1.55. The van der Waals surface area contributed by atoms with Gasteiger partial charge in [0.15, 0.2) is 11.7 Å². The van der Waals surface area contributed by atoms with E-state index in [2.05, 4.69) is 116 Å². The van der Waals surface area contributed by atoms with Crippen molar-refractivity contribution >= 4 is 0 Å². The molecular weight excluding hydrogens is 428 g/mol. The zero-order valence-electron chi connectivity index (χ0n) is 21.5. The van der Waals surface area contributed by atoms with Crippen LogP contribution in [0.25, 0.3) is 28.2 Å². The van der Waals surface area contributed by atoms with Gasteiger partial charge in [0, 0.05) is 36.5 Å². The quantitative estimate of drug-likeness (QED) is 0.257. The van der Waals surface area contributed by atoms with Gasteiger partial charge >= 0.3 is 0 Å². The molecule has 2 aromatic carbocycles. The van der Waals surface area contributed by atoms with Gasteiger partial charge in [-0.1, -0.05) is 63.6 Å². The van der Waals surface area contributed by atoms with Crippen molar-refractivity contribution in [1.29, 1.82) is 0 Å². The monoisotopic (exact) mass is 465 g/mol. The molecular formula is C31H37N4+. The maximum atomic E-state index is 4.53. The summed E-state index contributed by atoms with van der Waals surface area (Å²) >= 11 is 0. The van der Waals surface area contributed by atoms with Crippen molar-refractivity contribution in [3.05, 3.63) is 84.2 Å². The maximum Gasteiger partial charge on any atom is 0.213 e. The molecule has 1 aliphatic rings. The lowest BCUT2D eigenvalue weighted by Crippen LogP contribution is -2.62. The molecule has 0 saturated carbocycles. The summed E-state index contributed by atoms with van der Waals surface area (Å²) in [5.74, 6) is 0.485. The number of benzene rings is 2. The summed E-state index contributed by atoms with van der Waals surface area (Å²) in [5.41, 5.74) is 8.63. The predicted molar refractivity (Wildman–Crippen MR) is 143 cm³/mol. The van der Waals surface area contributed by atoms with Gasteiger partial charge in [-0.05, 0) is 54.7 Å². The molecule has 3 heterocycles. The van der Waals surface area contributed by atoms with Gasteiger partial charge in [-0.15, -0.1) is 5.10 Å². The molecule has 0 saturated heterocycles. The summed E-state index contributed by atoms with van der Waals surface area (Å²) < 4.78 is 4.46. The highest BCUT2D eigenvalue weighted by Crippen LogP contribution is 2.47. The first-order valence-electron chi connectivity index (χ1n) is 13.3. The summed E-state index contributed by atoms with van der Waals surface area (Å²) in [6.07, 6.45) is 11.2. The van der Waals surface area contributed by atoms with Crippen LogP contribution in [0.2, 0.25) is 0 Å². The molecule has 180 valence electrons. The number of unbranched alkanes of at least 4 members (excludes halogenated alkanes) is 1. The highest BCUT2D eigenvalue weighted by atomic mass is 15.4. The van der Waals surface area contributed by atoms with Crippen molar-refractivity contribution < 1.29 is 4.57 Å². The zero-order valence-corrected chi connectivity index (χ0v) is 21.5. The van der Waals surface area contributed by atoms with Crippen molar-refractivity contribution in [3.8, 4) is 28.2 Å². The smallest absolute Gasteiger partial charge is 0.213 e. The summed E-state index contributed by atoms with van der Waals surface area (Å²) in [6, 6.07) is 22.2. The third-order valence-corrected chi connectivity index (χ3v) is 8.11. The van der Waals surface area contributed by atoms with E-state index in [9.17, 15) is 0 Å². The molecule has 1 atom stereocenters. The minimum Gasteiger partial charge on any atom is -0.220 e. The molecule has 35 heavy (non-hydrogen) atoms. The fourth-order valence-corrected chi connectivity index (χ4v) is 6.19. The number of pyridine rings is 1. The second-order valence-corrected chi connectivity index (χ2v) is 9.85. The number of rotatable bonds is 8. The van der Waals surface area contributed by atoms with Crippen LogP contribution in [-0.4, -0.2) is 15.0 Å². The van der Waals surface area contributed by atoms with E-state index in [1.807, 2.05) is 4.68 Å². The average molecular weight is 466 g/mol. The van der Waals surface area contributed by atoms with Gasteiger partial charge < -0.3 is 0 Å². The van der Waals surface area contributed by atoms with Crippen LogP contribution in [0.5, 0.6) is 0 Å². The van der Waals surface area contributed by atoms with E-state index < -0.39 is 0 Å². The molecule has 0 N–H and O–H groups in total.